The van der Waals surface area contributed by atoms with Crippen molar-refractivity contribution in [2.45, 2.75) is 33.4 Å². The third-order valence-corrected chi connectivity index (χ3v) is 3.86. The average molecular weight is 298 g/mol. The summed E-state index contributed by atoms with van der Waals surface area (Å²) in [6.45, 7) is 5.20. The second-order valence-corrected chi connectivity index (χ2v) is 5.72. The number of halogens is 1. The maximum atomic E-state index is 12.5. The summed E-state index contributed by atoms with van der Waals surface area (Å²) in [6, 6.07) is 8.42. The van der Waals surface area contributed by atoms with E-state index in [1.54, 1.807) is 13.8 Å². The van der Waals surface area contributed by atoms with Crippen molar-refractivity contribution in [1.82, 2.24) is 4.90 Å². The van der Waals surface area contributed by atoms with Gasteiger partial charge in [0, 0.05) is 12.4 Å². The van der Waals surface area contributed by atoms with Crippen LogP contribution in [0.2, 0.25) is 0 Å². The van der Waals surface area contributed by atoms with E-state index in [0.29, 0.717) is 0 Å². The van der Waals surface area contributed by atoms with E-state index in [-0.39, 0.29) is 18.3 Å². The Kier molecular flexibility index (Phi) is 5.57. The minimum absolute atomic E-state index is 0.142. The summed E-state index contributed by atoms with van der Waals surface area (Å²) in [5.74, 6) is -1.14. The molecule has 20 heavy (non-hydrogen) atoms. The molecule has 1 amide bonds. The minimum Gasteiger partial charge on any atom is -0.480 e. The number of carbonyl (C=O) groups is 2. The number of alkyl halides is 1. The van der Waals surface area contributed by atoms with Gasteiger partial charge in [-0.1, -0.05) is 30.3 Å². The first kappa shape index (κ1) is 16.5. The number of amides is 1. The first-order valence-corrected chi connectivity index (χ1v) is 6.97. The van der Waals surface area contributed by atoms with Gasteiger partial charge in [-0.3, -0.25) is 4.79 Å². The van der Waals surface area contributed by atoms with Crippen LogP contribution in [0.4, 0.5) is 0 Å². The van der Waals surface area contributed by atoms with Gasteiger partial charge in [-0.15, -0.1) is 11.6 Å². The van der Waals surface area contributed by atoms with Crippen LogP contribution in [0, 0.1) is 5.41 Å². The number of aliphatic carboxylic acids is 1. The zero-order valence-electron chi connectivity index (χ0n) is 12.0. The summed E-state index contributed by atoms with van der Waals surface area (Å²) < 4.78 is 0. The third-order valence-electron chi connectivity index (χ3n) is 3.19. The Labute approximate surface area is 124 Å². The molecule has 1 atom stereocenters. The van der Waals surface area contributed by atoms with Gasteiger partial charge >= 0.3 is 5.97 Å². The van der Waals surface area contributed by atoms with Gasteiger partial charge in [-0.25, -0.2) is 4.79 Å². The lowest BCUT2D eigenvalue weighted by Crippen LogP contribution is -2.48. The van der Waals surface area contributed by atoms with E-state index < -0.39 is 17.4 Å². The Morgan fingerprint density at radius 2 is 1.85 bits per heavy atom. The van der Waals surface area contributed by atoms with Gasteiger partial charge in [0.15, 0.2) is 0 Å². The molecule has 0 radical (unpaired) electrons. The van der Waals surface area contributed by atoms with Crippen LogP contribution in [0.3, 0.4) is 0 Å². The van der Waals surface area contributed by atoms with Gasteiger partial charge in [0.2, 0.25) is 5.91 Å². The number of benzene rings is 1. The molecule has 0 saturated carbocycles. The molecule has 0 heterocycles. The van der Waals surface area contributed by atoms with E-state index in [1.165, 1.54) is 11.8 Å². The molecule has 110 valence electrons. The number of carboxylic acids is 1. The topological polar surface area (TPSA) is 57.6 Å². The van der Waals surface area contributed by atoms with E-state index in [0.717, 1.165) is 5.56 Å². The van der Waals surface area contributed by atoms with Crippen molar-refractivity contribution in [3.63, 3.8) is 0 Å². The summed E-state index contributed by atoms with van der Waals surface area (Å²) in [6.07, 6.45) is 0. The smallest absolute Gasteiger partial charge is 0.326 e. The largest absolute Gasteiger partial charge is 0.480 e. The van der Waals surface area contributed by atoms with Crippen molar-refractivity contribution < 1.29 is 14.7 Å². The van der Waals surface area contributed by atoms with E-state index in [9.17, 15) is 14.7 Å². The van der Waals surface area contributed by atoms with Crippen LogP contribution >= 0.6 is 11.6 Å². The van der Waals surface area contributed by atoms with Gasteiger partial charge in [0.25, 0.3) is 0 Å². The molecule has 4 nitrogen and oxygen atoms in total. The summed E-state index contributed by atoms with van der Waals surface area (Å²) in [5, 5.41) is 9.19. The fourth-order valence-electron chi connectivity index (χ4n) is 1.74. The Morgan fingerprint density at radius 3 is 2.30 bits per heavy atom. The minimum atomic E-state index is -1.03. The average Bonchev–Trinajstić information content (AvgIpc) is 2.44. The molecule has 0 fully saturated rings. The van der Waals surface area contributed by atoms with E-state index in [1.807, 2.05) is 30.3 Å². The van der Waals surface area contributed by atoms with Crippen molar-refractivity contribution in [3.8, 4) is 0 Å². The molecule has 1 aromatic rings. The zero-order valence-corrected chi connectivity index (χ0v) is 12.7. The fraction of sp³-hybridized carbons (Fsp3) is 0.467. The maximum absolute atomic E-state index is 12.5. The van der Waals surface area contributed by atoms with Crippen molar-refractivity contribution in [2.24, 2.45) is 5.41 Å². The standard InChI is InChI=1S/C15H20ClNO3/c1-11(13(18)19)17(14(20)15(2,3)10-16)9-12-7-5-4-6-8-12/h4-8,11H,9-10H2,1-3H3,(H,18,19). The molecular weight excluding hydrogens is 278 g/mol. The summed E-state index contributed by atoms with van der Waals surface area (Å²) in [4.78, 5) is 25.1. The molecule has 1 rings (SSSR count). The first-order valence-electron chi connectivity index (χ1n) is 6.43. The SMILES string of the molecule is CC(C(=O)O)N(Cc1ccccc1)C(=O)C(C)(C)CCl. The number of carbonyl (C=O) groups excluding carboxylic acids is 1. The Morgan fingerprint density at radius 1 is 1.30 bits per heavy atom. The van der Waals surface area contributed by atoms with Crippen molar-refractivity contribution >= 4 is 23.5 Å². The predicted molar refractivity (Wildman–Crippen MR) is 78.6 cm³/mol. The van der Waals surface area contributed by atoms with Crippen LogP contribution in [-0.2, 0) is 16.1 Å². The predicted octanol–water partition coefficient (Wildman–Crippen LogP) is 2.75. The second-order valence-electron chi connectivity index (χ2n) is 5.45. The Hall–Kier alpha value is -1.55. The van der Waals surface area contributed by atoms with Crippen molar-refractivity contribution in [2.75, 3.05) is 5.88 Å². The molecular formula is C15H20ClNO3. The van der Waals surface area contributed by atoms with E-state index in [2.05, 4.69) is 0 Å². The summed E-state index contributed by atoms with van der Waals surface area (Å²) in [7, 11) is 0. The molecule has 1 N–H and O–H groups in total. The van der Waals surface area contributed by atoms with Gasteiger partial charge in [0.1, 0.15) is 6.04 Å². The molecule has 1 aromatic carbocycles. The highest BCUT2D eigenvalue weighted by atomic mass is 35.5. The first-order chi connectivity index (χ1) is 9.29. The molecule has 0 spiro atoms. The zero-order chi connectivity index (χ0) is 15.3. The molecule has 0 aliphatic heterocycles. The van der Waals surface area contributed by atoms with Crippen LogP contribution in [0.1, 0.15) is 26.3 Å². The molecule has 5 heteroatoms. The quantitative estimate of drug-likeness (QED) is 0.821. The molecule has 1 unspecified atom stereocenters. The number of hydrogen-bond acceptors (Lipinski definition) is 2. The molecule has 0 saturated heterocycles. The number of hydrogen-bond donors (Lipinski definition) is 1. The lowest BCUT2D eigenvalue weighted by Gasteiger charge is -2.33. The fourth-order valence-corrected chi connectivity index (χ4v) is 1.86. The van der Waals surface area contributed by atoms with Crippen LogP contribution < -0.4 is 0 Å². The van der Waals surface area contributed by atoms with E-state index in [4.69, 9.17) is 11.6 Å². The van der Waals surface area contributed by atoms with Gasteiger partial charge in [-0.05, 0) is 26.3 Å². The number of rotatable bonds is 6. The highest BCUT2D eigenvalue weighted by Gasteiger charge is 2.35. The van der Waals surface area contributed by atoms with Crippen LogP contribution in [0.15, 0.2) is 30.3 Å². The molecule has 0 aliphatic rings. The summed E-state index contributed by atoms with van der Waals surface area (Å²) in [5.41, 5.74) is 0.0966. The normalized spacial score (nSPS) is 12.8. The number of nitrogens with zero attached hydrogens (tertiary/aromatic N) is 1. The number of carboxylic acid groups (broad SMARTS) is 1. The van der Waals surface area contributed by atoms with Crippen LogP contribution in [0.25, 0.3) is 0 Å². The van der Waals surface area contributed by atoms with Gasteiger partial charge in [-0.2, -0.15) is 0 Å². The van der Waals surface area contributed by atoms with E-state index >= 15 is 0 Å². The van der Waals surface area contributed by atoms with Crippen LogP contribution in [-0.4, -0.2) is 33.8 Å². The van der Waals surface area contributed by atoms with Crippen molar-refractivity contribution in [1.29, 1.82) is 0 Å². The third kappa shape index (κ3) is 3.97. The molecule has 0 aliphatic carbocycles. The lowest BCUT2D eigenvalue weighted by molar-refractivity contribution is -0.153. The molecule has 0 aromatic heterocycles. The van der Waals surface area contributed by atoms with Gasteiger partial charge < -0.3 is 10.0 Å². The van der Waals surface area contributed by atoms with Gasteiger partial charge in [0.05, 0.1) is 5.41 Å². The highest BCUT2D eigenvalue weighted by molar-refractivity contribution is 6.19. The maximum Gasteiger partial charge on any atom is 0.326 e. The second kappa shape index (κ2) is 6.75. The summed E-state index contributed by atoms with van der Waals surface area (Å²) >= 11 is 5.82. The lowest BCUT2D eigenvalue weighted by atomic mass is 9.93. The Bertz CT molecular complexity index is 473. The monoisotopic (exact) mass is 297 g/mol. The molecule has 0 bridgehead atoms. The highest BCUT2D eigenvalue weighted by Crippen LogP contribution is 2.23. The van der Waals surface area contributed by atoms with Crippen molar-refractivity contribution in [3.05, 3.63) is 35.9 Å². The van der Waals surface area contributed by atoms with Crippen LogP contribution in [0.5, 0.6) is 0 Å². The Balaban J connectivity index is 3.03.